The van der Waals surface area contributed by atoms with Gasteiger partial charge in [0.1, 0.15) is 0 Å². The number of benzene rings is 7. The second-order valence-electron chi connectivity index (χ2n) is 15.8. The molecule has 0 amide bonds. The molecule has 0 saturated heterocycles. The van der Waals surface area contributed by atoms with Crippen LogP contribution in [0, 0.1) is 29.2 Å². The topological polar surface area (TPSA) is 66.7 Å². The van der Waals surface area contributed by atoms with E-state index in [9.17, 15) is 10.5 Å². The molecule has 7 aromatic carbocycles. The lowest BCUT2D eigenvalue weighted by molar-refractivity contribution is 0.827. The Bertz CT molecular complexity index is 3320. The molecule has 0 unspecified atom stereocenters. The molecule has 0 radical (unpaired) electrons. The van der Waals surface area contributed by atoms with Gasteiger partial charge in [0, 0.05) is 90.6 Å². The highest BCUT2D eigenvalue weighted by atomic mass is 15.0. The molecule has 0 aliphatic heterocycles. The molecule has 6 heteroatoms. The fourth-order valence-corrected chi connectivity index (χ4v) is 9.74. The Morgan fingerprint density at radius 1 is 0.429 bits per heavy atom. The third kappa shape index (κ3) is 6.30. The van der Waals surface area contributed by atoms with Crippen molar-refractivity contribution in [2.75, 3.05) is 0 Å². The van der Waals surface area contributed by atoms with Gasteiger partial charge in [0.05, 0.1) is 29.8 Å². The second kappa shape index (κ2) is 15.9. The lowest BCUT2D eigenvalue weighted by atomic mass is 9.88. The summed E-state index contributed by atoms with van der Waals surface area (Å²) >= 11 is 0. The molecule has 0 saturated carbocycles. The van der Waals surface area contributed by atoms with E-state index in [0.717, 1.165) is 69.0 Å². The summed E-state index contributed by atoms with van der Waals surface area (Å²) in [5, 5.41) is 28.9. The number of rotatable bonds is 9. The number of nitriles is 2. The minimum Gasteiger partial charge on any atom is -0.341 e. The number of aryl methyl sites for hydroxylation is 3. The van der Waals surface area contributed by atoms with Crippen molar-refractivity contribution in [3.63, 3.8) is 0 Å². The van der Waals surface area contributed by atoms with Crippen LogP contribution in [0.2, 0.25) is 0 Å². The van der Waals surface area contributed by atoms with Crippen molar-refractivity contribution in [3.05, 3.63) is 183 Å². The van der Waals surface area contributed by atoms with Crippen LogP contribution in [0.4, 0.5) is 5.69 Å². The fraction of sp³-hybridized carbons (Fsp3) is 0.105. The van der Waals surface area contributed by atoms with Gasteiger partial charge in [-0.25, -0.2) is 4.85 Å². The Hall–Kier alpha value is -8.37. The van der Waals surface area contributed by atoms with Crippen molar-refractivity contribution >= 4 is 108 Å². The minimum absolute atomic E-state index is 0.258. The van der Waals surface area contributed by atoms with Crippen LogP contribution < -0.4 is 0 Å². The van der Waals surface area contributed by atoms with Crippen molar-refractivity contribution in [2.24, 2.45) is 0 Å². The smallest absolute Gasteiger partial charge is 0.204 e. The summed E-state index contributed by atoms with van der Waals surface area (Å²) in [5.41, 5.74) is 12.1. The number of hydrogen-bond acceptors (Lipinski definition) is 2. The summed E-state index contributed by atoms with van der Waals surface area (Å²) in [6.07, 6.45) is 11.5. The van der Waals surface area contributed by atoms with E-state index in [1.165, 1.54) is 32.7 Å². The van der Waals surface area contributed by atoms with Gasteiger partial charge in [-0.05, 0) is 103 Å². The quantitative estimate of drug-likeness (QED) is 0.108. The largest absolute Gasteiger partial charge is 0.341 e. The first-order chi connectivity index (χ1) is 31.0. The Balaban J connectivity index is 1.15. The van der Waals surface area contributed by atoms with E-state index in [1.54, 1.807) is 0 Å². The highest BCUT2D eigenvalue weighted by Gasteiger charge is 2.22. The third-order valence-corrected chi connectivity index (χ3v) is 12.6. The molecular formula is C57H42N6. The Kier molecular flexibility index (Phi) is 9.80. The molecule has 63 heavy (non-hydrogen) atoms. The van der Waals surface area contributed by atoms with Crippen LogP contribution in [0.1, 0.15) is 65.3 Å². The van der Waals surface area contributed by atoms with Gasteiger partial charge in [-0.15, -0.1) is 0 Å². The van der Waals surface area contributed by atoms with Crippen LogP contribution in [0.15, 0.2) is 127 Å². The van der Waals surface area contributed by atoms with E-state index in [-0.39, 0.29) is 16.8 Å². The van der Waals surface area contributed by atoms with Crippen LogP contribution in [0.3, 0.4) is 0 Å². The highest BCUT2D eigenvalue weighted by Crippen LogP contribution is 2.40. The fourth-order valence-electron chi connectivity index (χ4n) is 9.74. The average molecular weight is 811 g/mol. The van der Waals surface area contributed by atoms with Crippen molar-refractivity contribution in [1.29, 1.82) is 10.5 Å². The first kappa shape index (κ1) is 38.8. The number of nitrogens with zero attached hydrogens (tertiary/aromatic N) is 6. The van der Waals surface area contributed by atoms with Crippen LogP contribution in [0.5, 0.6) is 0 Å². The number of hydrogen-bond donors (Lipinski definition) is 0. The summed E-state index contributed by atoms with van der Waals surface area (Å²) in [4.78, 5) is 4.07. The van der Waals surface area contributed by atoms with E-state index in [2.05, 4.69) is 179 Å². The van der Waals surface area contributed by atoms with Gasteiger partial charge in [-0.3, -0.25) is 0 Å². The zero-order chi connectivity index (χ0) is 43.2. The van der Waals surface area contributed by atoms with Crippen molar-refractivity contribution in [2.45, 2.75) is 40.4 Å². The molecule has 300 valence electrons. The normalized spacial score (nSPS) is 12.0. The van der Waals surface area contributed by atoms with Crippen molar-refractivity contribution in [3.8, 4) is 12.1 Å². The molecule has 10 aromatic rings. The maximum atomic E-state index is 11.0. The summed E-state index contributed by atoms with van der Waals surface area (Å²) < 4.78 is 6.96. The summed E-state index contributed by atoms with van der Waals surface area (Å²) in [7, 11) is 0. The van der Waals surface area contributed by atoms with Gasteiger partial charge >= 0.3 is 0 Å². The maximum Gasteiger partial charge on any atom is 0.204 e. The van der Waals surface area contributed by atoms with Crippen LogP contribution >= 0.6 is 0 Å². The SMILES string of the molecule is [C-]#[N+]c1c(C=Cc2ccc3c(c2)c2ccccc2n3CC)c(C#N)c(C=Cc2ccc3c(c2)c2ccccc2n3CC)c(C#N)c1C=Cc1ccc2c(c1)c1ccccc1n2CC. The van der Waals surface area contributed by atoms with Crippen LogP contribution in [-0.2, 0) is 19.6 Å². The zero-order valence-corrected chi connectivity index (χ0v) is 35.4. The van der Waals surface area contributed by atoms with Crippen molar-refractivity contribution < 1.29 is 0 Å². The summed E-state index contributed by atoms with van der Waals surface area (Å²) in [6, 6.07) is 49.4. The standard InChI is InChI=1S/C57H42N6/c1-5-61-51-17-11-8-14-41(51)46-32-37(23-29-54(46)61)20-26-40-49(35-58)44(27-21-38-24-30-55-47(33-38)42-15-9-12-18-52(42)62(55)6-2)57(60-4)45(50(40)36-59)28-22-39-25-31-56-48(34-39)43-16-10-13-19-53(43)63(56)7-3/h8-34H,5-7H2,1-3H3. The van der Waals surface area contributed by atoms with E-state index < -0.39 is 0 Å². The van der Waals surface area contributed by atoms with E-state index >= 15 is 0 Å². The van der Waals surface area contributed by atoms with E-state index in [1.807, 2.05) is 36.5 Å². The van der Waals surface area contributed by atoms with Gasteiger partial charge < -0.3 is 13.7 Å². The Labute approximate surface area is 366 Å². The van der Waals surface area contributed by atoms with Gasteiger partial charge in [-0.1, -0.05) is 109 Å². The molecule has 3 heterocycles. The molecule has 0 bridgehead atoms. The second-order valence-corrected chi connectivity index (χ2v) is 15.8. The van der Waals surface area contributed by atoms with Gasteiger partial charge in [0.2, 0.25) is 5.69 Å². The molecule has 0 N–H and O–H groups in total. The number of fused-ring (bicyclic) bond motifs is 9. The molecule has 0 fully saturated rings. The predicted molar refractivity (Wildman–Crippen MR) is 264 cm³/mol. The third-order valence-electron chi connectivity index (χ3n) is 12.6. The first-order valence-electron chi connectivity index (χ1n) is 21.5. The monoisotopic (exact) mass is 810 g/mol. The minimum atomic E-state index is 0.258. The van der Waals surface area contributed by atoms with Gasteiger partial charge in [0.15, 0.2) is 0 Å². The lowest BCUT2D eigenvalue weighted by Crippen LogP contribution is -1.98. The molecule has 0 spiro atoms. The predicted octanol–water partition coefficient (Wildman–Crippen LogP) is 14.9. The molecule has 3 aromatic heterocycles. The van der Waals surface area contributed by atoms with Gasteiger partial charge in [0.25, 0.3) is 0 Å². The summed E-state index contributed by atoms with van der Waals surface area (Å²) in [6.45, 7) is 17.6. The Morgan fingerprint density at radius 3 is 1.06 bits per heavy atom. The first-order valence-corrected chi connectivity index (χ1v) is 21.5. The Morgan fingerprint density at radius 2 is 0.746 bits per heavy atom. The molecule has 10 rings (SSSR count). The average Bonchev–Trinajstić information content (AvgIpc) is 3.95. The number of aromatic nitrogens is 3. The van der Waals surface area contributed by atoms with E-state index in [4.69, 9.17) is 6.57 Å². The molecule has 0 aliphatic carbocycles. The molecule has 0 aliphatic rings. The zero-order valence-electron chi connectivity index (χ0n) is 35.4. The number of para-hydroxylation sites is 3. The highest BCUT2D eigenvalue weighted by molar-refractivity contribution is 6.11. The van der Waals surface area contributed by atoms with Gasteiger partial charge in [-0.2, -0.15) is 10.5 Å². The maximum absolute atomic E-state index is 11.0. The van der Waals surface area contributed by atoms with Crippen molar-refractivity contribution in [1.82, 2.24) is 13.7 Å². The molecule has 6 nitrogen and oxygen atoms in total. The van der Waals surface area contributed by atoms with Crippen LogP contribution in [-0.4, -0.2) is 13.7 Å². The van der Waals surface area contributed by atoms with E-state index in [0.29, 0.717) is 16.7 Å². The molecular weight excluding hydrogens is 769 g/mol. The van der Waals surface area contributed by atoms with Crippen LogP contribution in [0.25, 0.3) is 107 Å². The lowest BCUT2D eigenvalue weighted by Gasteiger charge is -2.13. The summed E-state index contributed by atoms with van der Waals surface area (Å²) in [5.74, 6) is 0. The molecule has 0 atom stereocenters.